The molecule has 0 amide bonds. The van der Waals surface area contributed by atoms with Gasteiger partial charge in [0.25, 0.3) is 0 Å². The average molecular weight is 571 g/mol. The minimum Gasteiger partial charge on any atom is -0.352 e. The van der Waals surface area contributed by atoms with E-state index in [0.29, 0.717) is 47.8 Å². The SMILES string of the molecule is CC1CC1CN(Cc1ccccc1)c1cc(-c2cc([C@](C)(N)Cc3ccccc3)ncn2)cc(N(C)S(C)(=O)=O)n1. The van der Waals surface area contributed by atoms with Crippen LogP contribution >= 0.6 is 0 Å². The number of nitrogens with two attached hydrogens (primary N) is 1. The standard InChI is InChI=1S/C32H38N6O2S/c1-23-15-27(23)21-38(20-25-13-9-6-10-14-25)31-17-26(16-30(36-31)37(3)41(4,39)40)28-18-29(35-22-34-28)32(2,33)19-24-11-7-5-8-12-24/h5-14,16-18,22-23,27H,15,19-21,33H2,1-4H3/t23?,27?,32-/m1/s1. The molecule has 8 nitrogen and oxygen atoms in total. The summed E-state index contributed by atoms with van der Waals surface area (Å²) in [6, 6.07) is 26.0. The van der Waals surface area contributed by atoms with Gasteiger partial charge in [-0.25, -0.2) is 23.4 Å². The Bertz CT molecular complexity index is 1600. The highest BCUT2D eigenvalue weighted by atomic mass is 32.2. The second-order valence-corrected chi connectivity index (χ2v) is 13.5. The Labute approximate surface area is 243 Å². The van der Waals surface area contributed by atoms with Crippen molar-refractivity contribution >= 4 is 21.7 Å². The second kappa shape index (κ2) is 11.6. The second-order valence-electron chi connectivity index (χ2n) is 11.5. The molecule has 3 atom stereocenters. The molecule has 2 unspecified atom stereocenters. The van der Waals surface area contributed by atoms with Crippen molar-refractivity contribution in [2.45, 2.75) is 38.8 Å². The van der Waals surface area contributed by atoms with Crippen molar-refractivity contribution in [1.29, 1.82) is 0 Å². The summed E-state index contributed by atoms with van der Waals surface area (Å²) >= 11 is 0. The Hall–Kier alpha value is -3.82. The fourth-order valence-corrected chi connectivity index (χ4v) is 5.49. The van der Waals surface area contributed by atoms with Crippen molar-refractivity contribution in [2.24, 2.45) is 17.6 Å². The minimum atomic E-state index is -3.54. The molecule has 4 aromatic rings. The molecular formula is C32H38N6O2S. The van der Waals surface area contributed by atoms with Crippen molar-refractivity contribution in [1.82, 2.24) is 15.0 Å². The van der Waals surface area contributed by atoms with Gasteiger partial charge >= 0.3 is 0 Å². The van der Waals surface area contributed by atoms with Gasteiger partial charge in [0, 0.05) is 25.7 Å². The van der Waals surface area contributed by atoms with E-state index in [1.807, 2.05) is 55.5 Å². The topological polar surface area (TPSA) is 105 Å². The van der Waals surface area contributed by atoms with Crippen LogP contribution in [0, 0.1) is 11.8 Å². The maximum absolute atomic E-state index is 12.6. The minimum absolute atomic E-state index is 0.335. The van der Waals surface area contributed by atoms with Crippen LogP contribution in [-0.4, -0.2) is 43.2 Å². The van der Waals surface area contributed by atoms with Crippen molar-refractivity contribution in [3.63, 3.8) is 0 Å². The maximum atomic E-state index is 12.6. The lowest BCUT2D eigenvalue weighted by molar-refractivity contribution is 0.475. The summed E-state index contributed by atoms with van der Waals surface area (Å²) < 4.78 is 26.4. The molecule has 0 aliphatic heterocycles. The Morgan fingerprint density at radius 2 is 1.56 bits per heavy atom. The molecule has 1 aliphatic carbocycles. The predicted octanol–water partition coefficient (Wildman–Crippen LogP) is 5.01. The van der Waals surface area contributed by atoms with E-state index in [-0.39, 0.29) is 0 Å². The van der Waals surface area contributed by atoms with E-state index >= 15 is 0 Å². The van der Waals surface area contributed by atoms with Crippen LogP contribution in [0.3, 0.4) is 0 Å². The highest BCUT2D eigenvalue weighted by Crippen LogP contribution is 2.40. The van der Waals surface area contributed by atoms with Gasteiger partial charge in [-0.2, -0.15) is 0 Å². The third kappa shape index (κ3) is 7.10. The monoisotopic (exact) mass is 570 g/mol. The van der Waals surface area contributed by atoms with Crippen molar-refractivity contribution in [3.8, 4) is 11.3 Å². The molecule has 1 aliphatic rings. The quantitative estimate of drug-likeness (QED) is 0.270. The molecule has 1 saturated carbocycles. The smallest absolute Gasteiger partial charge is 0.233 e. The summed E-state index contributed by atoms with van der Waals surface area (Å²) in [5.41, 5.74) is 10.5. The van der Waals surface area contributed by atoms with Crippen LogP contribution in [0.1, 0.15) is 37.1 Å². The molecule has 0 saturated heterocycles. The molecule has 0 spiro atoms. The van der Waals surface area contributed by atoms with Crippen molar-refractivity contribution in [3.05, 3.63) is 102 Å². The number of anilines is 2. The molecule has 0 radical (unpaired) electrons. The number of aromatic nitrogens is 3. The third-order valence-corrected chi connectivity index (χ3v) is 9.03. The van der Waals surface area contributed by atoms with E-state index in [4.69, 9.17) is 10.7 Å². The fourth-order valence-electron chi connectivity index (χ4n) is 5.06. The summed E-state index contributed by atoms with van der Waals surface area (Å²) in [5, 5.41) is 0. The Kier molecular flexibility index (Phi) is 8.11. The molecule has 2 N–H and O–H groups in total. The summed E-state index contributed by atoms with van der Waals surface area (Å²) in [4.78, 5) is 16.2. The van der Waals surface area contributed by atoms with Gasteiger partial charge in [-0.15, -0.1) is 0 Å². The van der Waals surface area contributed by atoms with Crippen LogP contribution in [0.5, 0.6) is 0 Å². The first kappa shape index (κ1) is 28.7. The number of hydrogen-bond acceptors (Lipinski definition) is 7. The van der Waals surface area contributed by atoms with E-state index < -0.39 is 15.6 Å². The number of hydrogen-bond donors (Lipinski definition) is 1. The summed E-state index contributed by atoms with van der Waals surface area (Å²) in [6.45, 7) is 5.72. The van der Waals surface area contributed by atoms with Gasteiger partial charge in [0.15, 0.2) is 0 Å². The zero-order valence-corrected chi connectivity index (χ0v) is 24.9. The lowest BCUT2D eigenvalue weighted by Crippen LogP contribution is -2.36. The molecule has 9 heteroatoms. The van der Waals surface area contributed by atoms with Crippen LogP contribution in [0.2, 0.25) is 0 Å². The fraction of sp³-hybridized carbons (Fsp3) is 0.344. The Morgan fingerprint density at radius 1 is 0.951 bits per heavy atom. The summed E-state index contributed by atoms with van der Waals surface area (Å²) in [7, 11) is -2.02. The number of sulfonamides is 1. The van der Waals surface area contributed by atoms with Gasteiger partial charge in [0.1, 0.15) is 18.0 Å². The molecule has 2 heterocycles. The van der Waals surface area contributed by atoms with Crippen LogP contribution in [0.4, 0.5) is 11.6 Å². The molecule has 41 heavy (non-hydrogen) atoms. The van der Waals surface area contributed by atoms with Gasteiger partial charge in [-0.05, 0) is 60.9 Å². The highest BCUT2D eigenvalue weighted by molar-refractivity contribution is 7.92. The summed E-state index contributed by atoms with van der Waals surface area (Å²) in [5.74, 6) is 2.27. The zero-order valence-electron chi connectivity index (χ0n) is 24.1. The van der Waals surface area contributed by atoms with Crippen molar-refractivity contribution < 1.29 is 8.42 Å². The third-order valence-electron chi connectivity index (χ3n) is 7.85. The molecule has 2 aromatic heterocycles. The van der Waals surface area contributed by atoms with Crippen LogP contribution in [0.15, 0.2) is 85.2 Å². The van der Waals surface area contributed by atoms with Gasteiger partial charge in [-0.1, -0.05) is 67.6 Å². The lowest BCUT2D eigenvalue weighted by atomic mass is 9.89. The first-order valence-corrected chi connectivity index (χ1v) is 15.7. The van der Waals surface area contributed by atoms with E-state index in [0.717, 1.165) is 23.2 Å². The Balaban J connectivity index is 1.56. The number of nitrogens with zero attached hydrogens (tertiary/aromatic N) is 5. The first-order valence-electron chi connectivity index (χ1n) is 13.9. The summed E-state index contributed by atoms with van der Waals surface area (Å²) in [6.07, 6.45) is 4.49. The zero-order chi connectivity index (χ0) is 29.2. The molecular weight excluding hydrogens is 532 g/mol. The number of benzene rings is 2. The molecule has 5 rings (SSSR count). The van der Waals surface area contributed by atoms with Crippen LogP contribution < -0.4 is 14.9 Å². The number of rotatable bonds is 11. The van der Waals surface area contributed by atoms with Crippen LogP contribution in [0.25, 0.3) is 11.3 Å². The Morgan fingerprint density at radius 3 is 2.17 bits per heavy atom. The maximum Gasteiger partial charge on any atom is 0.233 e. The van der Waals surface area contributed by atoms with E-state index in [1.165, 1.54) is 30.4 Å². The first-order chi connectivity index (χ1) is 19.5. The van der Waals surface area contributed by atoms with E-state index in [2.05, 4.69) is 46.1 Å². The van der Waals surface area contributed by atoms with Gasteiger partial charge < -0.3 is 10.6 Å². The van der Waals surface area contributed by atoms with Gasteiger partial charge in [0.05, 0.1) is 23.2 Å². The lowest BCUT2D eigenvalue weighted by Gasteiger charge is -2.27. The highest BCUT2D eigenvalue weighted by Gasteiger charge is 2.34. The molecule has 214 valence electrons. The van der Waals surface area contributed by atoms with E-state index in [9.17, 15) is 8.42 Å². The van der Waals surface area contributed by atoms with Crippen LogP contribution in [-0.2, 0) is 28.5 Å². The molecule has 2 aromatic carbocycles. The predicted molar refractivity (Wildman–Crippen MR) is 165 cm³/mol. The van der Waals surface area contributed by atoms with Crippen molar-refractivity contribution in [2.75, 3.05) is 29.1 Å². The van der Waals surface area contributed by atoms with Gasteiger partial charge in [-0.3, -0.25) is 4.31 Å². The van der Waals surface area contributed by atoms with Gasteiger partial charge in [0.2, 0.25) is 10.0 Å². The normalized spacial score (nSPS) is 18.0. The largest absolute Gasteiger partial charge is 0.352 e. The molecule has 0 bridgehead atoms. The number of pyridine rings is 1. The van der Waals surface area contributed by atoms with E-state index in [1.54, 1.807) is 6.07 Å². The molecule has 1 fully saturated rings. The average Bonchev–Trinajstić information content (AvgIpc) is 3.66.